The number of hydrogen-bond donors (Lipinski definition) is 1. The first kappa shape index (κ1) is 21.4. The molecule has 11 heteroatoms. The van der Waals surface area contributed by atoms with Crippen LogP contribution >= 0.6 is 11.6 Å². The van der Waals surface area contributed by atoms with E-state index in [1.807, 2.05) is 0 Å². The van der Waals surface area contributed by atoms with Crippen molar-refractivity contribution in [2.75, 3.05) is 20.3 Å². The van der Waals surface area contributed by atoms with Crippen molar-refractivity contribution in [1.82, 2.24) is 10.3 Å². The molecule has 1 aromatic heterocycles. The molecular formula is C15H13ClKN3O5S. The number of amides is 1. The van der Waals surface area contributed by atoms with Gasteiger partial charge in [-0.3, -0.25) is 4.79 Å². The minimum absolute atomic E-state index is 0. The summed E-state index contributed by atoms with van der Waals surface area (Å²) in [7, 11) is -2.79. The average molecular weight is 422 g/mol. The van der Waals surface area contributed by atoms with Gasteiger partial charge in [-0.15, -0.1) is 5.69 Å². The summed E-state index contributed by atoms with van der Waals surface area (Å²) in [5, 5.41) is 2.84. The fraction of sp³-hybridized carbons (Fsp3) is 0.200. The molecule has 26 heavy (non-hydrogen) atoms. The van der Waals surface area contributed by atoms with Crippen LogP contribution in [-0.4, -0.2) is 39.6 Å². The van der Waals surface area contributed by atoms with E-state index in [4.69, 9.17) is 21.1 Å². The van der Waals surface area contributed by atoms with E-state index in [1.165, 1.54) is 37.6 Å². The average Bonchev–Trinajstić information content (AvgIpc) is 2.76. The molecule has 1 aliphatic rings. The maximum Gasteiger partial charge on any atom is 1.00 e. The second-order valence-corrected chi connectivity index (χ2v) is 7.02. The maximum absolute atomic E-state index is 12.6. The van der Waals surface area contributed by atoms with Gasteiger partial charge in [-0.1, -0.05) is 17.7 Å². The number of fused-ring (bicyclic) bond motifs is 1. The van der Waals surface area contributed by atoms with Crippen LogP contribution in [0.15, 0.2) is 35.4 Å². The van der Waals surface area contributed by atoms with Crippen molar-refractivity contribution in [1.29, 1.82) is 0 Å². The number of hydrogen-bond acceptors (Lipinski definition) is 6. The van der Waals surface area contributed by atoms with Gasteiger partial charge in [-0.2, -0.15) is 0 Å². The van der Waals surface area contributed by atoms with E-state index in [2.05, 4.69) is 15.0 Å². The van der Waals surface area contributed by atoms with Gasteiger partial charge in [0.25, 0.3) is 5.91 Å². The number of benzene rings is 1. The molecule has 1 N–H and O–H groups in total. The van der Waals surface area contributed by atoms with Crippen molar-refractivity contribution in [2.45, 2.75) is 4.90 Å². The summed E-state index contributed by atoms with van der Waals surface area (Å²) in [5.41, 5.74) is 0.105. The molecule has 2 aromatic rings. The summed E-state index contributed by atoms with van der Waals surface area (Å²) in [5.74, 6) is -0.168. The summed E-state index contributed by atoms with van der Waals surface area (Å²) in [6.45, 7) is 0.611. The van der Waals surface area contributed by atoms with Gasteiger partial charge in [0.15, 0.2) is 0 Å². The molecule has 1 aliphatic heterocycles. The van der Waals surface area contributed by atoms with Gasteiger partial charge < -0.3 is 19.5 Å². The van der Waals surface area contributed by atoms with Gasteiger partial charge in [-0.25, -0.2) is 13.4 Å². The Balaban J connectivity index is 0.00000243. The number of nitrogens with one attached hydrogen (secondary N) is 1. The first-order valence-electron chi connectivity index (χ1n) is 7.13. The minimum Gasteiger partial charge on any atom is -0.571 e. The quantitative estimate of drug-likeness (QED) is 0.651. The van der Waals surface area contributed by atoms with Crippen LogP contribution in [0.1, 0.15) is 10.4 Å². The predicted octanol–water partition coefficient (Wildman–Crippen LogP) is -0.736. The molecule has 3 rings (SSSR count). The van der Waals surface area contributed by atoms with E-state index < -0.39 is 15.9 Å². The molecule has 0 unspecified atom stereocenters. The Morgan fingerprint density at radius 1 is 1.35 bits per heavy atom. The van der Waals surface area contributed by atoms with Crippen molar-refractivity contribution in [3.8, 4) is 11.6 Å². The molecule has 0 saturated carbocycles. The number of pyridine rings is 1. The van der Waals surface area contributed by atoms with Gasteiger partial charge in [-0.05, 0) is 18.2 Å². The van der Waals surface area contributed by atoms with Crippen LogP contribution in [0, 0.1) is 0 Å². The molecular weight excluding hydrogens is 409 g/mol. The van der Waals surface area contributed by atoms with Crippen LogP contribution in [0.4, 0.5) is 5.69 Å². The van der Waals surface area contributed by atoms with Crippen LogP contribution in [0.25, 0.3) is 4.72 Å². The summed E-state index contributed by atoms with van der Waals surface area (Å²) in [6, 6.07) is 5.48. The summed E-state index contributed by atoms with van der Waals surface area (Å²) in [6.07, 6.45) is 1.21. The van der Waals surface area contributed by atoms with Gasteiger partial charge in [0, 0.05) is 11.2 Å². The molecule has 2 heterocycles. The van der Waals surface area contributed by atoms with E-state index in [1.54, 1.807) is 0 Å². The zero-order valence-electron chi connectivity index (χ0n) is 14.0. The van der Waals surface area contributed by atoms with Crippen LogP contribution in [0.2, 0.25) is 5.02 Å². The summed E-state index contributed by atoms with van der Waals surface area (Å²) >= 11 is 5.87. The van der Waals surface area contributed by atoms with Crippen LogP contribution in [0.3, 0.4) is 0 Å². The molecule has 1 aromatic carbocycles. The number of methoxy groups -OCH3 is 1. The van der Waals surface area contributed by atoms with Crippen molar-refractivity contribution in [3.63, 3.8) is 0 Å². The molecule has 0 aliphatic carbocycles. The van der Waals surface area contributed by atoms with Crippen LogP contribution in [0.5, 0.6) is 11.6 Å². The third-order valence-corrected chi connectivity index (χ3v) is 4.90. The zero-order chi connectivity index (χ0) is 18.0. The first-order chi connectivity index (χ1) is 11.9. The van der Waals surface area contributed by atoms with Crippen molar-refractivity contribution < 1.29 is 74.1 Å². The molecule has 1 amide bonds. The van der Waals surface area contributed by atoms with E-state index >= 15 is 0 Å². The molecule has 8 nitrogen and oxygen atoms in total. The monoisotopic (exact) mass is 421 g/mol. The maximum atomic E-state index is 12.6. The van der Waals surface area contributed by atoms with Crippen molar-refractivity contribution in [2.24, 2.45) is 0 Å². The fourth-order valence-electron chi connectivity index (χ4n) is 2.22. The predicted molar refractivity (Wildman–Crippen MR) is 90.3 cm³/mol. The molecule has 0 saturated heterocycles. The Hall–Kier alpha value is -0.884. The number of carbonyl (C=O) groups is 1. The SMILES string of the molecule is COc1ccc(Cl)cc1S(=O)(=O)[N-]c1cnc2c(c1)C(=O)NCCO2.[K+]. The number of halogens is 1. The third kappa shape index (κ3) is 4.69. The third-order valence-electron chi connectivity index (χ3n) is 3.34. The second-order valence-electron chi connectivity index (χ2n) is 5.01. The van der Waals surface area contributed by atoms with Crippen molar-refractivity contribution >= 4 is 33.2 Å². The molecule has 0 bridgehead atoms. The van der Waals surface area contributed by atoms with Gasteiger partial charge >= 0.3 is 51.4 Å². The normalized spacial score (nSPS) is 13.4. The Bertz CT molecular complexity index is 939. The molecule has 0 spiro atoms. The van der Waals surface area contributed by atoms with Crippen molar-refractivity contribution in [3.05, 3.63) is 45.8 Å². The van der Waals surface area contributed by atoms with Gasteiger partial charge in [0.2, 0.25) is 5.88 Å². The number of ether oxygens (including phenoxy) is 2. The zero-order valence-corrected chi connectivity index (χ0v) is 18.7. The van der Waals surface area contributed by atoms with E-state index in [-0.39, 0.29) is 90.8 Å². The Kier molecular flexibility index (Phi) is 7.31. The van der Waals surface area contributed by atoms with Crippen LogP contribution < -0.4 is 66.2 Å². The largest absolute Gasteiger partial charge is 1.00 e. The van der Waals surface area contributed by atoms with E-state index in [9.17, 15) is 13.2 Å². The molecule has 132 valence electrons. The topological polar surface area (TPSA) is 109 Å². The number of rotatable bonds is 4. The Labute approximate surface area is 198 Å². The second kappa shape index (κ2) is 8.87. The summed E-state index contributed by atoms with van der Waals surface area (Å²) in [4.78, 5) is 15.8. The molecule has 0 radical (unpaired) electrons. The minimum atomic E-state index is -4.13. The Morgan fingerprint density at radius 2 is 2.12 bits per heavy atom. The van der Waals surface area contributed by atoms with Crippen LogP contribution in [-0.2, 0) is 10.0 Å². The summed E-state index contributed by atoms with van der Waals surface area (Å²) < 4.78 is 39.3. The number of carbonyl (C=O) groups excluding carboxylic acids is 1. The molecule has 0 fully saturated rings. The number of sulfonamides is 1. The smallest absolute Gasteiger partial charge is 0.571 e. The number of aromatic nitrogens is 1. The van der Waals surface area contributed by atoms with Gasteiger partial charge in [0.05, 0.1) is 18.6 Å². The number of nitrogens with zero attached hydrogens (tertiary/aromatic N) is 2. The first-order valence-corrected chi connectivity index (χ1v) is 8.95. The Morgan fingerprint density at radius 3 is 2.85 bits per heavy atom. The van der Waals surface area contributed by atoms with E-state index in [0.717, 1.165) is 0 Å². The fourth-order valence-corrected chi connectivity index (χ4v) is 3.61. The standard InChI is InChI=1S/C15H13ClN3O5S.K/c1-23-12-3-2-9(16)6-13(12)25(21,22)19-10-7-11-14(20)17-4-5-24-15(11)18-8-10;/h2-3,6-8H,4-5H2,1H3,(H,17,20);/q-1;+1. The van der Waals surface area contributed by atoms with Gasteiger partial charge in [0.1, 0.15) is 27.9 Å². The van der Waals surface area contributed by atoms with E-state index in [0.29, 0.717) is 6.54 Å². The molecule has 0 atom stereocenters.